The van der Waals surface area contributed by atoms with Gasteiger partial charge in [-0.05, 0) is 42.7 Å². The van der Waals surface area contributed by atoms with Crippen molar-refractivity contribution in [2.24, 2.45) is 17.8 Å². The minimum atomic E-state index is 0.176. The number of likely N-dealkylation sites (tertiary alicyclic amines) is 1. The molecule has 0 bridgehead atoms. The Morgan fingerprint density at radius 1 is 1.48 bits per heavy atom. The van der Waals surface area contributed by atoms with Crippen molar-refractivity contribution < 1.29 is 9.53 Å². The smallest absolute Gasteiger partial charge is 0.220 e. The van der Waals surface area contributed by atoms with Crippen molar-refractivity contribution in [1.29, 1.82) is 0 Å². The quantitative estimate of drug-likeness (QED) is 0.899. The van der Waals surface area contributed by atoms with E-state index >= 15 is 0 Å². The molecule has 2 aliphatic heterocycles. The molecule has 0 radical (unpaired) electrons. The molecule has 1 amide bonds. The zero-order chi connectivity index (χ0) is 14.7. The van der Waals surface area contributed by atoms with Crippen LogP contribution in [-0.2, 0) is 16.0 Å². The minimum Gasteiger partial charge on any atom is -0.381 e. The maximum absolute atomic E-state index is 12.1. The number of hydrogen-bond acceptors (Lipinski definition) is 4. The molecule has 116 valence electrons. The lowest BCUT2D eigenvalue weighted by Gasteiger charge is -2.32. The molecule has 2 saturated heterocycles. The number of thiophene rings is 1. The van der Waals surface area contributed by atoms with Gasteiger partial charge in [0.25, 0.3) is 0 Å². The zero-order valence-electron chi connectivity index (χ0n) is 12.6. The van der Waals surface area contributed by atoms with Crippen molar-refractivity contribution >= 4 is 17.2 Å². The Balaban J connectivity index is 1.43. The monoisotopic (exact) mass is 308 g/mol. The summed E-state index contributed by atoms with van der Waals surface area (Å²) in [4.78, 5) is 15.8. The van der Waals surface area contributed by atoms with E-state index in [9.17, 15) is 4.79 Å². The van der Waals surface area contributed by atoms with Crippen LogP contribution in [0.1, 0.15) is 11.3 Å². The van der Waals surface area contributed by atoms with E-state index in [1.54, 1.807) is 11.3 Å². The minimum absolute atomic E-state index is 0.176. The molecule has 5 heteroatoms. The van der Waals surface area contributed by atoms with Crippen LogP contribution in [0.2, 0.25) is 0 Å². The third kappa shape index (κ3) is 3.84. The van der Waals surface area contributed by atoms with Crippen LogP contribution in [-0.4, -0.2) is 50.7 Å². The second-order valence-electron chi connectivity index (χ2n) is 6.33. The van der Waals surface area contributed by atoms with E-state index in [4.69, 9.17) is 4.74 Å². The second kappa shape index (κ2) is 6.90. The van der Waals surface area contributed by atoms with Gasteiger partial charge in [0.1, 0.15) is 0 Å². The van der Waals surface area contributed by atoms with Crippen LogP contribution in [0.5, 0.6) is 0 Å². The fraction of sp³-hybridized carbons (Fsp3) is 0.688. The topological polar surface area (TPSA) is 41.6 Å². The van der Waals surface area contributed by atoms with Gasteiger partial charge in [-0.1, -0.05) is 6.07 Å². The van der Waals surface area contributed by atoms with Gasteiger partial charge in [-0.15, -0.1) is 11.3 Å². The fourth-order valence-electron chi connectivity index (χ4n) is 3.62. The summed E-state index contributed by atoms with van der Waals surface area (Å²) >= 11 is 1.75. The van der Waals surface area contributed by atoms with Crippen LogP contribution >= 0.6 is 11.3 Å². The molecule has 3 rings (SSSR count). The van der Waals surface area contributed by atoms with Crippen LogP contribution in [0.25, 0.3) is 0 Å². The maximum atomic E-state index is 12.1. The van der Waals surface area contributed by atoms with Crippen molar-refractivity contribution in [2.45, 2.75) is 12.8 Å². The summed E-state index contributed by atoms with van der Waals surface area (Å²) < 4.78 is 5.70. The summed E-state index contributed by atoms with van der Waals surface area (Å²) in [6.45, 7) is 4.57. The van der Waals surface area contributed by atoms with Crippen LogP contribution in [0.3, 0.4) is 0 Å². The number of carbonyl (C=O) groups excluding carboxylic acids is 1. The van der Waals surface area contributed by atoms with Crippen molar-refractivity contribution in [3.63, 3.8) is 0 Å². The Kier molecular flexibility index (Phi) is 4.93. The van der Waals surface area contributed by atoms with Crippen molar-refractivity contribution in [1.82, 2.24) is 10.2 Å². The summed E-state index contributed by atoms with van der Waals surface area (Å²) in [5.74, 6) is 1.81. The average molecular weight is 308 g/mol. The van der Waals surface area contributed by atoms with Crippen LogP contribution in [0.4, 0.5) is 0 Å². The second-order valence-corrected chi connectivity index (χ2v) is 7.36. The van der Waals surface area contributed by atoms with E-state index in [0.29, 0.717) is 24.2 Å². The molecule has 0 unspecified atom stereocenters. The number of hydrogen-bond donors (Lipinski definition) is 1. The molecular weight excluding hydrogens is 284 g/mol. The third-order valence-corrected chi connectivity index (χ3v) is 5.60. The molecule has 1 aromatic heterocycles. The molecule has 4 nitrogen and oxygen atoms in total. The van der Waals surface area contributed by atoms with Crippen LogP contribution in [0.15, 0.2) is 17.5 Å². The maximum Gasteiger partial charge on any atom is 0.220 e. The van der Waals surface area contributed by atoms with Gasteiger partial charge in [0.15, 0.2) is 0 Å². The number of nitrogens with zero attached hydrogens (tertiary/aromatic N) is 1. The molecule has 21 heavy (non-hydrogen) atoms. The van der Waals surface area contributed by atoms with Gasteiger partial charge < -0.3 is 15.0 Å². The molecule has 1 aromatic rings. The van der Waals surface area contributed by atoms with E-state index in [2.05, 4.69) is 34.8 Å². The first-order chi connectivity index (χ1) is 10.2. The van der Waals surface area contributed by atoms with Gasteiger partial charge in [-0.2, -0.15) is 0 Å². The van der Waals surface area contributed by atoms with Crippen LogP contribution < -0.4 is 5.32 Å². The van der Waals surface area contributed by atoms with E-state index in [-0.39, 0.29) is 5.91 Å². The number of amides is 1. The van der Waals surface area contributed by atoms with Gasteiger partial charge in [0, 0.05) is 30.9 Å². The molecule has 0 aliphatic carbocycles. The lowest BCUT2D eigenvalue weighted by Crippen LogP contribution is -2.38. The number of ether oxygens (including phenoxy) is 1. The molecule has 3 atom stereocenters. The first kappa shape index (κ1) is 15.0. The lowest BCUT2D eigenvalue weighted by atomic mass is 9.81. The van der Waals surface area contributed by atoms with Crippen molar-refractivity contribution in [2.75, 3.05) is 39.9 Å². The first-order valence-corrected chi connectivity index (χ1v) is 8.65. The predicted octanol–water partition coefficient (Wildman–Crippen LogP) is 1.62. The average Bonchev–Trinajstić information content (AvgIpc) is 3.07. The highest BCUT2D eigenvalue weighted by Gasteiger charge is 2.40. The Morgan fingerprint density at radius 2 is 2.38 bits per heavy atom. The fourth-order valence-corrected chi connectivity index (χ4v) is 4.33. The highest BCUT2D eigenvalue weighted by molar-refractivity contribution is 7.09. The molecular formula is C16H24N2O2S. The van der Waals surface area contributed by atoms with E-state index in [1.807, 2.05) is 0 Å². The molecule has 0 aromatic carbocycles. The lowest BCUT2D eigenvalue weighted by molar-refractivity contribution is -0.124. The molecule has 3 heterocycles. The van der Waals surface area contributed by atoms with Crippen molar-refractivity contribution in [3.8, 4) is 0 Å². The SMILES string of the molecule is CN1C[C@@H]2COC[C@@H](CC(=O)NCCc3cccs3)[C@@H]2C1. The predicted molar refractivity (Wildman–Crippen MR) is 84.4 cm³/mol. The molecule has 0 saturated carbocycles. The first-order valence-electron chi connectivity index (χ1n) is 7.77. The third-order valence-electron chi connectivity index (χ3n) is 4.66. The van der Waals surface area contributed by atoms with E-state index < -0.39 is 0 Å². The Labute approximate surface area is 130 Å². The highest BCUT2D eigenvalue weighted by atomic mass is 32.1. The number of nitrogens with one attached hydrogen (secondary N) is 1. The number of fused-ring (bicyclic) bond motifs is 1. The largest absolute Gasteiger partial charge is 0.381 e. The molecule has 2 fully saturated rings. The normalized spacial score (nSPS) is 29.3. The summed E-state index contributed by atoms with van der Waals surface area (Å²) in [5.41, 5.74) is 0. The summed E-state index contributed by atoms with van der Waals surface area (Å²) in [6, 6.07) is 4.17. The van der Waals surface area contributed by atoms with Gasteiger partial charge >= 0.3 is 0 Å². The van der Waals surface area contributed by atoms with Gasteiger partial charge in [0.2, 0.25) is 5.91 Å². The number of carbonyl (C=O) groups is 1. The molecule has 2 aliphatic rings. The molecule has 1 N–H and O–H groups in total. The molecule has 0 spiro atoms. The van der Waals surface area contributed by atoms with Crippen LogP contribution in [0, 0.1) is 17.8 Å². The Hall–Kier alpha value is -0.910. The highest BCUT2D eigenvalue weighted by Crippen LogP contribution is 2.34. The summed E-state index contributed by atoms with van der Waals surface area (Å²) in [7, 11) is 2.16. The van der Waals surface area contributed by atoms with Gasteiger partial charge in [0.05, 0.1) is 13.2 Å². The van der Waals surface area contributed by atoms with Gasteiger partial charge in [-0.25, -0.2) is 0 Å². The van der Waals surface area contributed by atoms with Gasteiger partial charge in [-0.3, -0.25) is 4.79 Å². The van der Waals surface area contributed by atoms with E-state index in [1.165, 1.54) is 4.88 Å². The number of rotatable bonds is 5. The zero-order valence-corrected chi connectivity index (χ0v) is 13.4. The van der Waals surface area contributed by atoms with E-state index in [0.717, 1.165) is 39.3 Å². The standard InChI is InChI=1S/C16H24N2O2S/c1-18-8-13-11-20-10-12(15(13)9-18)7-16(19)17-5-4-14-3-2-6-21-14/h2-3,6,12-13,15H,4-5,7-11H2,1H3,(H,17,19)/t12-,13-,15+/m1/s1. The van der Waals surface area contributed by atoms with Crippen molar-refractivity contribution in [3.05, 3.63) is 22.4 Å². The summed E-state index contributed by atoms with van der Waals surface area (Å²) in [6.07, 6.45) is 1.54. The summed E-state index contributed by atoms with van der Waals surface area (Å²) in [5, 5.41) is 5.13. The Bertz CT molecular complexity index is 463. The Morgan fingerprint density at radius 3 is 3.19 bits per heavy atom.